The summed E-state index contributed by atoms with van der Waals surface area (Å²) in [6, 6.07) is 12.9. The van der Waals surface area contributed by atoms with Crippen LogP contribution in [0.2, 0.25) is 5.02 Å². The van der Waals surface area contributed by atoms with Gasteiger partial charge in [-0.1, -0.05) is 11.6 Å². The molecule has 2 aromatic rings. The Hall–Kier alpha value is -2.84. The summed E-state index contributed by atoms with van der Waals surface area (Å²) in [5.41, 5.74) is 5.26. The number of anilines is 1. The van der Waals surface area contributed by atoms with Crippen molar-refractivity contribution in [2.75, 3.05) is 44.8 Å². The quantitative estimate of drug-likeness (QED) is 0.618. The Morgan fingerprint density at radius 3 is 2.56 bits per heavy atom. The zero-order valence-corrected chi connectivity index (χ0v) is 18.7. The predicted molar refractivity (Wildman–Crippen MR) is 120 cm³/mol. The van der Waals surface area contributed by atoms with Crippen LogP contribution in [0.4, 0.5) is 10.1 Å². The maximum atomic E-state index is 13.1. The van der Waals surface area contributed by atoms with Gasteiger partial charge in [0.25, 0.3) is 0 Å². The van der Waals surface area contributed by atoms with E-state index in [2.05, 4.69) is 0 Å². The van der Waals surface area contributed by atoms with Crippen molar-refractivity contribution in [1.82, 2.24) is 4.90 Å². The van der Waals surface area contributed by atoms with Crippen LogP contribution < -0.4 is 15.4 Å². The van der Waals surface area contributed by atoms with Crippen LogP contribution in [-0.2, 0) is 14.3 Å². The van der Waals surface area contributed by atoms with Gasteiger partial charge in [-0.2, -0.15) is 0 Å². The molecular weight excluding hydrogens is 437 g/mol. The van der Waals surface area contributed by atoms with Gasteiger partial charge in [-0.25, -0.2) is 4.39 Å². The summed E-state index contributed by atoms with van der Waals surface area (Å²) < 4.78 is 24.9. The number of nitrogens with two attached hydrogens (primary N) is 1. The van der Waals surface area contributed by atoms with Crippen molar-refractivity contribution in [3.05, 3.63) is 59.4 Å². The normalized spacial score (nSPS) is 18.3. The SMILES string of the molecule is CN(CCC(=O)N1CCO[C@@](COc2ccc(Cl)cc2)(CC(N)=O)C1)c1ccc(F)cc1. The van der Waals surface area contributed by atoms with Crippen molar-refractivity contribution >= 4 is 29.1 Å². The van der Waals surface area contributed by atoms with E-state index in [1.54, 1.807) is 41.3 Å². The van der Waals surface area contributed by atoms with E-state index in [0.717, 1.165) is 5.69 Å². The maximum Gasteiger partial charge on any atom is 0.224 e. The topological polar surface area (TPSA) is 85.1 Å². The summed E-state index contributed by atoms with van der Waals surface area (Å²) in [5.74, 6) is -0.331. The highest BCUT2D eigenvalue weighted by molar-refractivity contribution is 6.30. The van der Waals surface area contributed by atoms with Crippen molar-refractivity contribution in [3.63, 3.8) is 0 Å². The number of benzene rings is 2. The van der Waals surface area contributed by atoms with E-state index in [0.29, 0.717) is 23.9 Å². The van der Waals surface area contributed by atoms with Crippen molar-refractivity contribution in [3.8, 4) is 5.75 Å². The van der Waals surface area contributed by atoms with Gasteiger partial charge in [-0.3, -0.25) is 9.59 Å². The number of hydrogen-bond donors (Lipinski definition) is 1. The molecule has 0 spiro atoms. The van der Waals surface area contributed by atoms with Gasteiger partial charge in [0.05, 0.1) is 19.6 Å². The second-order valence-corrected chi connectivity index (χ2v) is 8.32. The molecule has 0 aromatic heterocycles. The van der Waals surface area contributed by atoms with Crippen LogP contribution in [0, 0.1) is 5.82 Å². The third-order valence-corrected chi connectivity index (χ3v) is 5.59. The Balaban J connectivity index is 1.61. The molecule has 0 unspecified atom stereocenters. The van der Waals surface area contributed by atoms with E-state index in [1.165, 1.54) is 12.1 Å². The average molecular weight is 464 g/mol. The summed E-state index contributed by atoms with van der Waals surface area (Å²) in [6.07, 6.45) is 0.193. The molecule has 1 atom stereocenters. The molecule has 0 bridgehead atoms. The van der Waals surface area contributed by atoms with Crippen LogP contribution in [0.25, 0.3) is 0 Å². The Labute approximate surface area is 191 Å². The van der Waals surface area contributed by atoms with Gasteiger partial charge in [-0.05, 0) is 48.5 Å². The molecule has 1 aliphatic heterocycles. The van der Waals surface area contributed by atoms with E-state index in [1.807, 2.05) is 11.9 Å². The number of primary amides is 1. The number of carbonyl (C=O) groups is 2. The fourth-order valence-corrected chi connectivity index (χ4v) is 3.74. The van der Waals surface area contributed by atoms with Gasteiger partial charge in [0.15, 0.2) is 0 Å². The number of nitrogens with zero attached hydrogens (tertiary/aromatic N) is 2. The smallest absolute Gasteiger partial charge is 0.224 e. The molecule has 0 saturated carbocycles. The third-order valence-electron chi connectivity index (χ3n) is 5.34. The zero-order chi connectivity index (χ0) is 23.1. The number of hydrogen-bond acceptors (Lipinski definition) is 5. The van der Waals surface area contributed by atoms with Gasteiger partial charge in [0.2, 0.25) is 11.8 Å². The first-order chi connectivity index (χ1) is 15.3. The molecule has 7 nitrogen and oxygen atoms in total. The highest BCUT2D eigenvalue weighted by Gasteiger charge is 2.40. The van der Waals surface area contributed by atoms with Crippen LogP contribution in [0.3, 0.4) is 0 Å². The number of carbonyl (C=O) groups excluding carboxylic acids is 2. The average Bonchev–Trinajstić information content (AvgIpc) is 2.77. The molecule has 0 radical (unpaired) electrons. The number of morpholine rings is 1. The molecule has 1 heterocycles. The van der Waals surface area contributed by atoms with Gasteiger partial charge < -0.3 is 25.0 Å². The largest absolute Gasteiger partial charge is 0.490 e. The van der Waals surface area contributed by atoms with Crippen molar-refractivity contribution in [2.24, 2.45) is 5.73 Å². The number of amides is 2. The Morgan fingerprint density at radius 1 is 1.22 bits per heavy atom. The molecule has 9 heteroatoms. The van der Waals surface area contributed by atoms with E-state index in [9.17, 15) is 14.0 Å². The third kappa shape index (κ3) is 6.58. The lowest BCUT2D eigenvalue weighted by Crippen LogP contribution is -2.58. The standard InChI is InChI=1S/C23H27ClFN3O4/c1-27(19-6-4-18(25)5-7-19)11-10-22(30)28-12-13-32-23(15-28,14-21(26)29)16-31-20-8-2-17(24)3-9-20/h2-9H,10-16H2,1H3,(H2,26,29)/t23-/m0/s1. The molecule has 2 aromatic carbocycles. The van der Waals surface area contributed by atoms with E-state index < -0.39 is 11.5 Å². The van der Waals surface area contributed by atoms with E-state index in [4.69, 9.17) is 26.8 Å². The summed E-state index contributed by atoms with van der Waals surface area (Å²) in [6.45, 7) is 1.42. The minimum atomic E-state index is -1.03. The fraction of sp³-hybridized carbons (Fsp3) is 0.391. The zero-order valence-electron chi connectivity index (χ0n) is 17.9. The second-order valence-electron chi connectivity index (χ2n) is 7.88. The molecular formula is C23H27ClFN3O4. The molecule has 1 aliphatic rings. The molecule has 2 amide bonds. The minimum absolute atomic E-state index is 0.0663. The summed E-state index contributed by atoms with van der Waals surface area (Å²) in [7, 11) is 1.84. The number of ether oxygens (including phenoxy) is 2. The highest BCUT2D eigenvalue weighted by atomic mass is 35.5. The molecule has 3 rings (SSSR count). The lowest BCUT2D eigenvalue weighted by molar-refractivity contribution is -0.161. The van der Waals surface area contributed by atoms with Crippen LogP contribution in [0.15, 0.2) is 48.5 Å². The van der Waals surface area contributed by atoms with Crippen LogP contribution >= 0.6 is 11.6 Å². The number of rotatable bonds is 9. The van der Waals surface area contributed by atoms with Crippen molar-refractivity contribution in [1.29, 1.82) is 0 Å². The maximum absolute atomic E-state index is 13.1. The summed E-state index contributed by atoms with van der Waals surface area (Å²) in [5, 5.41) is 0.584. The highest BCUT2D eigenvalue weighted by Crippen LogP contribution is 2.25. The summed E-state index contributed by atoms with van der Waals surface area (Å²) in [4.78, 5) is 28.2. The van der Waals surface area contributed by atoms with Crippen LogP contribution in [0.5, 0.6) is 5.75 Å². The molecule has 172 valence electrons. The molecule has 1 fully saturated rings. The van der Waals surface area contributed by atoms with E-state index >= 15 is 0 Å². The lowest BCUT2D eigenvalue weighted by atomic mass is 9.97. The predicted octanol–water partition coefficient (Wildman–Crippen LogP) is 2.86. The second kappa shape index (κ2) is 10.7. The first kappa shape index (κ1) is 23.8. The summed E-state index contributed by atoms with van der Waals surface area (Å²) >= 11 is 5.90. The Morgan fingerprint density at radius 2 is 1.91 bits per heavy atom. The Bertz CT molecular complexity index is 926. The van der Waals surface area contributed by atoms with Crippen LogP contribution in [-0.4, -0.2) is 62.2 Å². The van der Waals surface area contributed by atoms with Gasteiger partial charge in [-0.15, -0.1) is 0 Å². The molecule has 32 heavy (non-hydrogen) atoms. The van der Waals surface area contributed by atoms with Gasteiger partial charge in [0.1, 0.15) is 23.8 Å². The van der Waals surface area contributed by atoms with Crippen molar-refractivity contribution in [2.45, 2.75) is 18.4 Å². The fourth-order valence-electron chi connectivity index (χ4n) is 3.61. The Kier molecular flexibility index (Phi) is 7.93. The first-order valence-corrected chi connectivity index (χ1v) is 10.7. The first-order valence-electron chi connectivity index (χ1n) is 10.3. The monoisotopic (exact) mass is 463 g/mol. The molecule has 0 aliphatic carbocycles. The van der Waals surface area contributed by atoms with Crippen LogP contribution in [0.1, 0.15) is 12.8 Å². The minimum Gasteiger partial charge on any atom is -0.490 e. The van der Waals surface area contributed by atoms with E-state index in [-0.39, 0.29) is 44.3 Å². The molecule has 2 N–H and O–H groups in total. The number of halogens is 2. The lowest BCUT2D eigenvalue weighted by Gasteiger charge is -2.42. The van der Waals surface area contributed by atoms with Gasteiger partial charge >= 0.3 is 0 Å². The molecule has 1 saturated heterocycles. The van der Waals surface area contributed by atoms with Gasteiger partial charge in [0, 0.05) is 37.3 Å². The van der Waals surface area contributed by atoms with Crippen molar-refractivity contribution < 1.29 is 23.5 Å².